The molecule has 1 aliphatic rings. The average Bonchev–Trinajstić information content (AvgIpc) is 3.79. The number of hydrogen-bond donors (Lipinski definition) is 0. The fourth-order valence-corrected chi connectivity index (χ4v) is 9.93. The minimum atomic E-state index is -0.237. The summed E-state index contributed by atoms with van der Waals surface area (Å²) in [5.74, 6) is 0.713. The molecule has 11 rings (SSSR count). The second kappa shape index (κ2) is 13.4. The van der Waals surface area contributed by atoms with Gasteiger partial charge in [-0.05, 0) is 81.3 Å². The van der Waals surface area contributed by atoms with E-state index in [2.05, 4.69) is 189 Å². The first-order valence-corrected chi connectivity index (χ1v) is 20.3. The van der Waals surface area contributed by atoms with Gasteiger partial charge in [0.1, 0.15) is 0 Å². The largest absolute Gasteiger partial charge is 0.228 e. The lowest BCUT2D eigenvalue weighted by Crippen LogP contribution is -2.22. The molecule has 0 N–H and O–H groups in total. The molecule has 0 saturated carbocycles. The van der Waals surface area contributed by atoms with Gasteiger partial charge in [-0.25, -0.2) is 9.97 Å². The van der Waals surface area contributed by atoms with Gasteiger partial charge in [0.15, 0.2) is 5.82 Å². The molecule has 10 aromatic rings. The third-order valence-corrected chi connectivity index (χ3v) is 13.0. The lowest BCUT2D eigenvalue weighted by molar-refractivity contribution is 0.714. The number of benzene rings is 8. The number of hydrogen-bond acceptors (Lipinski definition) is 3. The zero-order valence-electron chi connectivity index (χ0n) is 31.4. The Bertz CT molecular complexity index is 3110. The molecule has 1 unspecified atom stereocenters. The summed E-state index contributed by atoms with van der Waals surface area (Å²) < 4.78 is 2.63. The summed E-state index contributed by atoms with van der Waals surface area (Å²) in [5.41, 5.74) is 16.1. The molecule has 0 spiro atoms. The van der Waals surface area contributed by atoms with Crippen molar-refractivity contribution in [3.05, 3.63) is 217 Å². The van der Waals surface area contributed by atoms with E-state index in [0.29, 0.717) is 5.82 Å². The van der Waals surface area contributed by atoms with Crippen molar-refractivity contribution in [3.8, 4) is 67.3 Å². The highest BCUT2D eigenvalue weighted by atomic mass is 32.1. The normalized spacial score (nSPS) is 14.5. The summed E-state index contributed by atoms with van der Waals surface area (Å²) >= 11 is 1.85. The summed E-state index contributed by atoms with van der Waals surface area (Å²) in [7, 11) is 0. The molecular weight excluding hydrogens is 709 g/mol. The van der Waals surface area contributed by atoms with Gasteiger partial charge in [0, 0.05) is 42.3 Å². The number of fused-ring (bicyclic) bond motifs is 6. The van der Waals surface area contributed by atoms with Crippen LogP contribution < -0.4 is 0 Å². The Labute approximate surface area is 336 Å². The predicted octanol–water partition coefficient (Wildman–Crippen LogP) is 14.5. The van der Waals surface area contributed by atoms with Gasteiger partial charge >= 0.3 is 0 Å². The number of thiophene rings is 1. The fourth-order valence-electron chi connectivity index (χ4n) is 8.79. The number of aromatic nitrogens is 2. The van der Waals surface area contributed by atoms with Gasteiger partial charge in [-0.15, -0.1) is 11.3 Å². The predicted molar refractivity (Wildman–Crippen MR) is 240 cm³/mol. The van der Waals surface area contributed by atoms with Gasteiger partial charge in [-0.2, -0.15) is 0 Å². The maximum absolute atomic E-state index is 5.13. The lowest BCUT2D eigenvalue weighted by Gasteiger charge is -2.28. The summed E-state index contributed by atoms with van der Waals surface area (Å²) in [4.78, 5) is 10.2. The van der Waals surface area contributed by atoms with Gasteiger partial charge in [0.05, 0.1) is 11.4 Å². The molecular formula is C54H36N2S. The maximum atomic E-state index is 5.13. The first kappa shape index (κ1) is 33.4. The van der Waals surface area contributed by atoms with Crippen LogP contribution in [0.2, 0.25) is 0 Å². The number of rotatable bonds is 6. The van der Waals surface area contributed by atoms with Gasteiger partial charge in [-0.3, -0.25) is 0 Å². The van der Waals surface area contributed by atoms with Gasteiger partial charge in [0.2, 0.25) is 0 Å². The molecule has 0 saturated heterocycles. The quantitative estimate of drug-likeness (QED) is 0.169. The molecule has 1 aliphatic carbocycles. The summed E-state index contributed by atoms with van der Waals surface area (Å²) in [5, 5.41) is 2.64. The Kier molecular flexibility index (Phi) is 7.84. The molecule has 0 aliphatic heterocycles. The van der Waals surface area contributed by atoms with Crippen LogP contribution in [0.15, 0.2) is 200 Å². The van der Waals surface area contributed by atoms with Crippen molar-refractivity contribution in [1.82, 2.24) is 9.97 Å². The average molecular weight is 745 g/mol. The molecule has 0 fully saturated rings. The van der Waals surface area contributed by atoms with Crippen molar-refractivity contribution in [2.45, 2.75) is 12.3 Å². The van der Waals surface area contributed by atoms with Gasteiger partial charge < -0.3 is 0 Å². The SMILES string of the molecule is CC1(c2ccccc2)c2ccccc2-c2ccc(-c3ccc(-c4cc(-c5ccc(-c6ccc7c(c6)sc6ccccc67)cc5)nc(-c5ccccc5)n4)cc3)cc21. The zero-order valence-corrected chi connectivity index (χ0v) is 32.2. The smallest absolute Gasteiger partial charge is 0.160 e. The molecule has 0 amide bonds. The standard InChI is InChI=1S/C54H36N2S/c1-54(42-14-6-3-7-15-42)47-18-10-8-16-43(47)44-30-28-40(32-48(44)54)35-20-24-37(25-21-35)49-34-50(56-53(55-49)39-12-4-2-5-13-39)38-26-22-36(23-27-38)41-29-31-46-45-17-9-11-19-51(45)57-52(46)33-41/h2-34H,1H3. The Morgan fingerprint density at radius 1 is 0.368 bits per heavy atom. The van der Waals surface area contributed by atoms with Crippen molar-refractivity contribution in [2.75, 3.05) is 0 Å². The highest BCUT2D eigenvalue weighted by Crippen LogP contribution is 2.53. The van der Waals surface area contributed by atoms with E-state index >= 15 is 0 Å². The zero-order chi connectivity index (χ0) is 37.9. The molecule has 2 nitrogen and oxygen atoms in total. The summed E-state index contributed by atoms with van der Waals surface area (Å²) in [6.45, 7) is 2.37. The maximum Gasteiger partial charge on any atom is 0.160 e. The van der Waals surface area contributed by atoms with Crippen LogP contribution in [0.3, 0.4) is 0 Å². The lowest BCUT2D eigenvalue weighted by atomic mass is 9.74. The third kappa shape index (κ3) is 5.62. The van der Waals surface area contributed by atoms with Crippen LogP contribution in [0, 0.1) is 0 Å². The third-order valence-electron chi connectivity index (χ3n) is 11.8. The van der Waals surface area contributed by atoms with Crippen LogP contribution in [-0.2, 0) is 5.41 Å². The first-order chi connectivity index (χ1) is 28.1. The van der Waals surface area contributed by atoms with E-state index in [1.54, 1.807) is 0 Å². The second-order valence-corrected chi connectivity index (χ2v) is 16.2. The molecule has 8 aromatic carbocycles. The van der Waals surface area contributed by atoms with E-state index in [4.69, 9.17) is 9.97 Å². The van der Waals surface area contributed by atoms with E-state index < -0.39 is 0 Å². The minimum absolute atomic E-state index is 0.237. The molecule has 0 radical (unpaired) electrons. The fraction of sp³-hybridized carbons (Fsp3) is 0.0370. The van der Waals surface area contributed by atoms with E-state index in [1.165, 1.54) is 70.2 Å². The highest BCUT2D eigenvalue weighted by Gasteiger charge is 2.40. The molecule has 57 heavy (non-hydrogen) atoms. The second-order valence-electron chi connectivity index (χ2n) is 15.1. The Hall–Kier alpha value is -6.94. The van der Waals surface area contributed by atoms with Crippen LogP contribution in [0.5, 0.6) is 0 Å². The van der Waals surface area contributed by atoms with Crippen LogP contribution >= 0.6 is 11.3 Å². The summed E-state index contributed by atoms with van der Waals surface area (Å²) in [6, 6.07) is 72.2. The van der Waals surface area contributed by atoms with Crippen LogP contribution in [0.4, 0.5) is 0 Å². The first-order valence-electron chi connectivity index (χ1n) is 19.5. The molecule has 0 bridgehead atoms. The Morgan fingerprint density at radius 2 is 0.895 bits per heavy atom. The van der Waals surface area contributed by atoms with Crippen molar-refractivity contribution < 1.29 is 0 Å². The molecule has 3 heteroatoms. The molecule has 1 atom stereocenters. The number of nitrogens with zero attached hydrogens (tertiary/aromatic N) is 2. The Morgan fingerprint density at radius 3 is 1.61 bits per heavy atom. The highest BCUT2D eigenvalue weighted by molar-refractivity contribution is 7.25. The van der Waals surface area contributed by atoms with Crippen molar-refractivity contribution in [2.24, 2.45) is 0 Å². The van der Waals surface area contributed by atoms with Crippen molar-refractivity contribution in [1.29, 1.82) is 0 Å². The van der Waals surface area contributed by atoms with E-state index in [9.17, 15) is 0 Å². The summed E-state index contributed by atoms with van der Waals surface area (Å²) in [6.07, 6.45) is 0. The molecule has 2 heterocycles. The minimum Gasteiger partial charge on any atom is -0.228 e. The van der Waals surface area contributed by atoms with Gasteiger partial charge in [0.25, 0.3) is 0 Å². The van der Waals surface area contributed by atoms with Crippen molar-refractivity contribution in [3.63, 3.8) is 0 Å². The van der Waals surface area contributed by atoms with Crippen LogP contribution in [-0.4, -0.2) is 9.97 Å². The van der Waals surface area contributed by atoms with E-state index in [1.807, 2.05) is 29.5 Å². The monoisotopic (exact) mass is 744 g/mol. The van der Waals surface area contributed by atoms with Gasteiger partial charge in [-0.1, -0.05) is 176 Å². The molecule has 2 aromatic heterocycles. The van der Waals surface area contributed by atoms with Crippen molar-refractivity contribution >= 4 is 31.5 Å². The van der Waals surface area contributed by atoms with E-state index in [-0.39, 0.29) is 5.41 Å². The van der Waals surface area contributed by atoms with E-state index in [0.717, 1.165) is 28.1 Å². The molecule has 268 valence electrons. The van der Waals surface area contributed by atoms with Crippen LogP contribution in [0.1, 0.15) is 23.6 Å². The Balaban J connectivity index is 0.943. The topological polar surface area (TPSA) is 25.8 Å². The van der Waals surface area contributed by atoms with Crippen LogP contribution in [0.25, 0.3) is 87.5 Å².